The van der Waals surface area contributed by atoms with Gasteiger partial charge in [0.05, 0.1) is 17.1 Å². The summed E-state index contributed by atoms with van der Waals surface area (Å²) < 4.78 is 83.6. The Hall–Kier alpha value is -2.79. The number of aliphatic hydroxyl groups excluding tert-OH is 1. The molecule has 0 saturated carbocycles. The second kappa shape index (κ2) is 10.6. The molecule has 3 aromatic rings. The molecule has 2 aliphatic rings. The highest BCUT2D eigenvalue weighted by molar-refractivity contribution is 7.89. The van der Waals surface area contributed by atoms with E-state index in [0.29, 0.717) is 18.5 Å². The third-order valence-corrected chi connectivity index (χ3v) is 9.97. The van der Waals surface area contributed by atoms with Crippen molar-refractivity contribution in [3.8, 4) is 11.1 Å². The van der Waals surface area contributed by atoms with Crippen LogP contribution in [0.1, 0.15) is 35.4 Å². The zero-order chi connectivity index (χ0) is 27.9. The number of hydrogen-bond acceptors (Lipinski definition) is 4. The zero-order valence-corrected chi connectivity index (χ0v) is 22.2. The van der Waals surface area contributed by atoms with Gasteiger partial charge in [-0.05, 0) is 60.7 Å². The minimum Gasteiger partial charge on any atom is -0.395 e. The first-order valence-electron chi connectivity index (χ1n) is 12.9. The number of fused-ring (bicyclic) bond motifs is 1. The van der Waals surface area contributed by atoms with Crippen molar-refractivity contribution in [2.75, 3.05) is 26.2 Å². The average molecular weight is 563 g/mol. The van der Waals surface area contributed by atoms with E-state index in [1.807, 2.05) is 0 Å². The Balaban J connectivity index is 1.46. The van der Waals surface area contributed by atoms with E-state index < -0.39 is 27.6 Å². The molecule has 5 rings (SSSR count). The highest BCUT2D eigenvalue weighted by atomic mass is 32.2. The van der Waals surface area contributed by atoms with Gasteiger partial charge in [0.15, 0.2) is 0 Å². The molecule has 1 N–H and O–H groups in total. The number of benzene rings is 3. The van der Waals surface area contributed by atoms with Gasteiger partial charge < -0.3 is 5.11 Å². The summed E-state index contributed by atoms with van der Waals surface area (Å²) in [6.45, 7) is 2.98. The molecule has 3 atom stereocenters. The first-order chi connectivity index (χ1) is 18.5. The van der Waals surface area contributed by atoms with Crippen molar-refractivity contribution in [1.82, 2.24) is 9.21 Å². The van der Waals surface area contributed by atoms with Crippen LogP contribution in [0.5, 0.6) is 0 Å². The van der Waals surface area contributed by atoms with E-state index in [2.05, 4.69) is 4.90 Å². The van der Waals surface area contributed by atoms with Crippen molar-refractivity contribution in [3.05, 3.63) is 89.2 Å². The molecule has 0 bridgehead atoms. The summed E-state index contributed by atoms with van der Waals surface area (Å²) in [5.41, 5.74) is 0.129. The second-order valence-corrected chi connectivity index (χ2v) is 12.1. The number of sulfonamides is 1. The predicted molar refractivity (Wildman–Crippen MR) is 140 cm³/mol. The Morgan fingerprint density at radius 3 is 2.31 bits per heavy atom. The van der Waals surface area contributed by atoms with Gasteiger partial charge in [-0.1, -0.05) is 54.6 Å². The van der Waals surface area contributed by atoms with Crippen LogP contribution < -0.4 is 0 Å². The van der Waals surface area contributed by atoms with E-state index >= 15 is 0 Å². The van der Waals surface area contributed by atoms with E-state index in [1.165, 1.54) is 28.6 Å². The first kappa shape index (κ1) is 27.8. The lowest BCUT2D eigenvalue weighted by molar-refractivity contribution is -0.139. The Morgan fingerprint density at radius 1 is 0.949 bits per heavy atom. The summed E-state index contributed by atoms with van der Waals surface area (Å²) >= 11 is 0. The van der Waals surface area contributed by atoms with E-state index in [4.69, 9.17) is 0 Å². The molecule has 2 heterocycles. The predicted octanol–water partition coefficient (Wildman–Crippen LogP) is 5.43. The molecule has 0 unspecified atom stereocenters. The number of rotatable bonds is 5. The van der Waals surface area contributed by atoms with Crippen LogP contribution >= 0.6 is 0 Å². The topological polar surface area (TPSA) is 60.9 Å². The van der Waals surface area contributed by atoms with Crippen molar-refractivity contribution < 1.29 is 31.1 Å². The number of aryl methyl sites for hydroxylation is 1. The van der Waals surface area contributed by atoms with Gasteiger partial charge in [-0.15, -0.1) is 0 Å². The van der Waals surface area contributed by atoms with E-state index in [9.17, 15) is 31.1 Å². The molecular formula is C29H30F4N2O3S. The summed E-state index contributed by atoms with van der Waals surface area (Å²) in [6.07, 6.45) is -3.38. The van der Waals surface area contributed by atoms with Crippen LogP contribution in [0.2, 0.25) is 0 Å². The monoisotopic (exact) mass is 562 g/mol. The molecular weight excluding hydrogens is 532 g/mol. The number of alkyl halides is 3. The van der Waals surface area contributed by atoms with Crippen LogP contribution in [0.15, 0.2) is 71.6 Å². The van der Waals surface area contributed by atoms with Crippen LogP contribution in [0.3, 0.4) is 0 Å². The molecule has 2 fully saturated rings. The number of hydrogen-bond donors (Lipinski definition) is 1. The SMILES string of the molecule is Cc1ccccc1S(=O)(=O)N1CCCCN2[C@H](CO)[C@@H](c3ccc(-c4cccc(F)c4C(F)(F)F)cc3)[C@@H]2C1. The zero-order valence-electron chi connectivity index (χ0n) is 21.4. The van der Waals surface area contributed by atoms with Crippen molar-refractivity contribution in [3.63, 3.8) is 0 Å². The number of nitrogens with zero attached hydrogens (tertiary/aromatic N) is 2. The third kappa shape index (κ3) is 5.11. The van der Waals surface area contributed by atoms with Crippen LogP contribution in [0.4, 0.5) is 17.6 Å². The quantitative estimate of drug-likeness (QED) is 0.421. The molecule has 10 heteroatoms. The fourth-order valence-electron chi connectivity index (χ4n) is 6.05. The van der Waals surface area contributed by atoms with Crippen LogP contribution in [0, 0.1) is 12.7 Å². The van der Waals surface area contributed by atoms with Gasteiger partial charge in [-0.2, -0.15) is 17.5 Å². The second-order valence-electron chi connectivity index (χ2n) is 10.2. The summed E-state index contributed by atoms with van der Waals surface area (Å²) in [4.78, 5) is 2.40. The fraction of sp³-hybridized carbons (Fsp3) is 0.379. The Kier molecular flexibility index (Phi) is 7.58. The van der Waals surface area contributed by atoms with Gasteiger partial charge in [0, 0.05) is 31.1 Å². The minimum atomic E-state index is -4.85. The maximum atomic E-state index is 14.1. The maximum absolute atomic E-state index is 14.1. The lowest BCUT2D eigenvalue weighted by Gasteiger charge is -2.57. The highest BCUT2D eigenvalue weighted by Gasteiger charge is 2.50. The van der Waals surface area contributed by atoms with E-state index in [-0.39, 0.29) is 47.2 Å². The molecule has 208 valence electrons. The Morgan fingerprint density at radius 2 is 1.64 bits per heavy atom. The molecule has 39 heavy (non-hydrogen) atoms. The normalized spacial score (nSPS) is 23.0. The lowest BCUT2D eigenvalue weighted by Crippen LogP contribution is -2.67. The van der Waals surface area contributed by atoms with Crippen LogP contribution in [-0.4, -0.2) is 61.1 Å². The first-order valence-corrected chi connectivity index (χ1v) is 14.4. The third-order valence-electron chi connectivity index (χ3n) is 7.95. The summed E-state index contributed by atoms with van der Waals surface area (Å²) in [5, 5.41) is 10.2. The standard InChI is InChI=1S/C29H30F4N2O3S/c1-19-7-2-3-10-26(19)39(37,38)34-15-4-5-16-35-24(17-34)27(25(35)18-36)21-13-11-20(12-14-21)22-8-6-9-23(30)28(22)29(31,32)33/h2-3,6-14,24-25,27,36H,4-5,15-18H2,1H3/t24-,25+,27-/m0/s1. The van der Waals surface area contributed by atoms with Gasteiger partial charge in [-0.25, -0.2) is 12.8 Å². The molecule has 5 nitrogen and oxygen atoms in total. The molecule has 0 radical (unpaired) electrons. The fourth-order valence-corrected chi connectivity index (χ4v) is 7.77. The lowest BCUT2D eigenvalue weighted by atomic mass is 9.74. The highest BCUT2D eigenvalue weighted by Crippen LogP contribution is 2.44. The van der Waals surface area contributed by atoms with Crippen LogP contribution in [0.25, 0.3) is 11.1 Å². The van der Waals surface area contributed by atoms with E-state index in [0.717, 1.165) is 24.6 Å². The molecule has 0 amide bonds. The molecule has 3 aromatic carbocycles. The summed E-state index contributed by atoms with van der Waals surface area (Å²) in [7, 11) is -3.75. The Labute approximate surface area is 225 Å². The van der Waals surface area contributed by atoms with Gasteiger partial charge in [0.25, 0.3) is 0 Å². The van der Waals surface area contributed by atoms with Gasteiger partial charge in [0.1, 0.15) is 5.82 Å². The molecule has 2 aliphatic heterocycles. The molecule has 0 aliphatic carbocycles. The Bertz CT molecular complexity index is 1440. The van der Waals surface area contributed by atoms with Crippen molar-refractivity contribution in [2.45, 2.75) is 48.8 Å². The smallest absolute Gasteiger partial charge is 0.395 e. The van der Waals surface area contributed by atoms with E-state index in [1.54, 1.807) is 43.3 Å². The van der Waals surface area contributed by atoms with Gasteiger partial charge in [0.2, 0.25) is 10.0 Å². The van der Waals surface area contributed by atoms with Gasteiger partial charge in [-0.3, -0.25) is 4.90 Å². The number of halogens is 4. The number of aliphatic hydroxyl groups is 1. The van der Waals surface area contributed by atoms with Crippen molar-refractivity contribution >= 4 is 10.0 Å². The maximum Gasteiger partial charge on any atom is 0.419 e. The molecule has 2 saturated heterocycles. The molecule has 0 spiro atoms. The summed E-state index contributed by atoms with van der Waals surface area (Å²) in [6, 6.07) is 16.2. The summed E-state index contributed by atoms with van der Waals surface area (Å²) in [5.74, 6) is -1.55. The van der Waals surface area contributed by atoms with Crippen molar-refractivity contribution in [2.24, 2.45) is 0 Å². The average Bonchev–Trinajstić information content (AvgIpc) is 2.87. The minimum absolute atomic E-state index is 0.129. The molecule has 0 aromatic heterocycles. The van der Waals surface area contributed by atoms with Crippen molar-refractivity contribution in [1.29, 1.82) is 0 Å². The van der Waals surface area contributed by atoms with Gasteiger partial charge >= 0.3 is 6.18 Å². The largest absolute Gasteiger partial charge is 0.419 e. The van der Waals surface area contributed by atoms with Crippen LogP contribution in [-0.2, 0) is 16.2 Å².